The monoisotopic (exact) mass is 1150 g/mol. The number of ether oxygens (including phenoxy) is 3. The number of carbonyl (C=O) groups is 3. The molecule has 0 N–H and O–H groups in total. The van der Waals surface area contributed by atoms with Crippen LogP contribution in [0.25, 0.3) is 0 Å². The molecule has 0 radical (unpaired) electrons. The van der Waals surface area contributed by atoms with Gasteiger partial charge < -0.3 is 14.2 Å². The molecule has 6 heteroatoms. The summed E-state index contributed by atoms with van der Waals surface area (Å²) in [5.74, 6) is -0.831. The third-order valence-corrected chi connectivity index (χ3v) is 17.2. The Kier molecular flexibility index (Phi) is 69.5. The van der Waals surface area contributed by atoms with Crippen molar-refractivity contribution in [2.45, 2.75) is 431 Å². The van der Waals surface area contributed by atoms with Crippen LogP contribution >= 0.6 is 0 Å². The van der Waals surface area contributed by atoms with E-state index in [0.717, 1.165) is 64.2 Å². The summed E-state index contributed by atoms with van der Waals surface area (Å²) in [6.45, 7) is 6.70. The van der Waals surface area contributed by atoms with Gasteiger partial charge in [-0.15, -0.1) is 0 Å². The van der Waals surface area contributed by atoms with E-state index in [9.17, 15) is 14.4 Å². The fourth-order valence-electron chi connectivity index (χ4n) is 11.6. The Morgan fingerprint density at radius 3 is 0.671 bits per heavy atom. The van der Waals surface area contributed by atoms with Crippen LogP contribution in [0.1, 0.15) is 425 Å². The minimum absolute atomic E-state index is 0.0630. The van der Waals surface area contributed by atoms with Crippen molar-refractivity contribution in [3.05, 3.63) is 24.3 Å². The number of hydrogen-bond donors (Lipinski definition) is 0. The second kappa shape index (κ2) is 71.4. The highest BCUT2D eigenvalue weighted by atomic mass is 16.6. The highest BCUT2D eigenvalue weighted by molar-refractivity contribution is 5.71. The molecule has 0 aliphatic heterocycles. The molecule has 0 heterocycles. The van der Waals surface area contributed by atoms with Gasteiger partial charge in [-0.2, -0.15) is 0 Å². The topological polar surface area (TPSA) is 78.9 Å². The summed E-state index contributed by atoms with van der Waals surface area (Å²) in [4.78, 5) is 38.3. The molecule has 0 aliphatic carbocycles. The average molecular weight is 1150 g/mol. The lowest BCUT2D eigenvalue weighted by Gasteiger charge is -2.18. The fraction of sp³-hybridized carbons (Fsp3) is 0.908. The van der Waals surface area contributed by atoms with Gasteiger partial charge in [-0.3, -0.25) is 14.4 Å². The second-order valence-electron chi connectivity index (χ2n) is 25.6. The summed E-state index contributed by atoms with van der Waals surface area (Å²) in [6.07, 6.45) is 88.2. The first-order chi connectivity index (χ1) is 40.5. The highest BCUT2D eigenvalue weighted by Gasteiger charge is 2.20. The van der Waals surface area contributed by atoms with Crippen molar-refractivity contribution >= 4 is 17.9 Å². The third-order valence-electron chi connectivity index (χ3n) is 17.2. The van der Waals surface area contributed by atoms with E-state index in [4.69, 9.17) is 14.2 Å². The van der Waals surface area contributed by atoms with Crippen LogP contribution in [0.5, 0.6) is 0 Å². The molecule has 6 nitrogen and oxygen atoms in total. The van der Waals surface area contributed by atoms with Gasteiger partial charge in [-0.25, -0.2) is 0 Å². The Balaban J connectivity index is 4.02. The minimum atomic E-state index is -0.765. The number of hydrogen-bond acceptors (Lipinski definition) is 6. The molecule has 0 aromatic carbocycles. The van der Waals surface area contributed by atoms with Gasteiger partial charge in [0.15, 0.2) is 6.10 Å². The number of allylic oxidation sites excluding steroid dienone is 4. The van der Waals surface area contributed by atoms with Crippen molar-refractivity contribution in [2.24, 2.45) is 0 Å². The van der Waals surface area contributed by atoms with Crippen molar-refractivity contribution < 1.29 is 28.6 Å². The molecule has 0 aromatic heterocycles. The summed E-state index contributed by atoms with van der Waals surface area (Å²) in [5.41, 5.74) is 0. The molecule has 0 fully saturated rings. The van der Waals surface area contributed by atoms with E-state index < -0.39 is 6.10 Å². The van der Waals surface area contributed by atoms with Crippen LogP contribution in [0.3, 0.4) is 0 Å². The van der Waals surface area contributed by atoms with Crippen molar-refractivity contribution in [1.29, 1.82) is 0 Å². The molecular formula is C76H144O6. The molecule has 1 atom stereocenters. The van der Waals surface area contributed by atoms with Crippen molar-refractivity contribution in [1.82, 2.24) is 0 Å². The van der Waals surface area contributed by atoms with Crippen molar-refractivity contribution in [3.63, 3.8) is 0 Å². The third kappa shape index (κ3) is 68.7. The van der Waals surface area contributed by atoms with Crippen LogP contribution in [0, 0.1) is 0 Å². The highest BCUT2D eigenvalue weighted by Crippen LogP contribution is 2.19. The zero-order valence-corrected chi connectivity index (χ0v) is 55.8. The molecule has 0 saturated carbocycles. The predicted molar refractivity (Wildman–Crippen MR) is 358 cm³/mol. The summed E-state index contributed by atoms with van der Waals surface area (Å²) in [6, 6.07) is 0. The Labute approximate surface area is 513 Å². The molecule has 484 valence electrons. The quantitative estimate of drug-likeness (QED) is 0.0261. The van der Waals surface area contributed by atoms with Crippen LogP contribution in [-0.2, 0) is 28.6 Å². The maximum atomic E-state index is 12.9. The molecule has 0 aliphatic rings. The number of esters is 3. The van der Waals surface area contributed by atoms with Crippen molar-refractivity contribution in [2.75, 3.05) is 13.2 Å². The molecule has 1 unspecified atom stereocenters. The SMILES string of the molecule is CCCCCCC/C=C\C/C=C\CCCCCCCCCCCCCCCCCCCCCCCC(=O)OCC(COC(=O)CCCCCCCCCCC)OC(=O)CCCCCCCCCCCCCCCCCCCCCCCC. The lowest BCUT2D eigenvalue weighted by atomic mass is 10.0. The number of unbranched alkanes of at least 4 members (excludes halogenated alkanes) is 55. The largest absolute Gasteiger partial charge is 0.462 e. The van der Waals surface area contributed by atoms with Gasteiger partial charge in [-0.1, -0.05) is 379 Å². The van der Waals surface area contributed by atoms with E-state index in [1.807, 2.05) is 0 Å². The first kappa shape index (κ1) is 79.9. The molecular weight excluding hydrogens is 1010 g/mol. The zero-order valence-electron chi connectivity index (χ0n) is 55.8. The van der Waals surface area contributed by atoms with E-state index in [1.165, 1.54) is 321 Å². The van der Waals surface area contributed by atoms with Gasteiger partial charge in [-0.05, 0) is 51.4 Å². The molecule has 0 saturated heterocycles. The summed E-state index contributed by atoms with van der Waals surface area (Å²) < 4.78 is 17.0. The molecule has 0 spiro atoms. The fourth-order valence-corrected chi connectivity index (χ4v) is 11.6. The van der Waals surface area contributed by atoms with Crippen LogP contribution in [0.15, 0.2) is 24.3 Å². The van der Waals surface area contributed by atoms with Crippen LogP contribution < -0.4 is 0 Å². The normalized spacial score (nSPS) is 12.1. The molecule has 0 aromatic rings. The van der Waals surface area contributed by atoms with Gasteiger partial charge in [0.25, 0.3) is 0 Å². The zero-order chi connectivity index (χ0) is 59.2. The summed E-state index contributed by atoms with van der Waals surface area (Å²) in [7, 11) is 0. The van der Waals surface area contributed by atoms with Crippen LogP contribution in [-0.4, -0.2) is 37.2 Å². The lowest BCUT2D eigenvalue weighted by Crippen LogP contribution is -2.30. The Bertz CT molecular complexity index is 1320. The van der Waals surface area contributed by atoms with E-state index >= 15 is 0 Å². The van der Waals surface area contributed by atoms with Gasteiger partial charge in [0.1, 0.15) is 13.2 Å². The van der Waals surface area contributed by atoms with E-state index in [0.29, 0.717) is 19.3 Å². The Morgan fingerprint density at radius 1 is 0.244 bits per heavy atom. The summed E-state index contributed by atoms with van der Waals surface area (Å²) >= 11 is 0. The van der Waals surface area contributed by atoms with Crippen LogP contribution in [0.2, 0.25) is 0 Å². The van der Waals surface area contributed by atoms with Crippen molar-refractivity contribution in [3.8, 4) is 0 Å². The summed E-state index contributed by atoms with van der Waals surface area (Å²) in [5, 5.41) is 0. The standard InChI is InChI=1S/C76H144O6/c1-4-7-10-13-16-19-21-23-25-27-29-31-33-34-35-36-37-38-39-40-41-42-43-45-46-48-50-52-54-57-60-63-66-69-75(78)81-72-73(71-80-74(77)68-65-62-59-56-18-15-12-9-6-3)82-76(79)70-67-64-61-58-55-53-51-49-47-44-32-30-28-26-24-22-20-17-14-11-8-5-2/h21,23,27,29,73H,4-20,22,24-26,28,30-72H2,1-3H3/b23-21-,29-27-. The first-order valence-corrected chi connectivity index (χ1v) is 37.3. The second-order valence-corrected chi connectivity index (χ2v) is 25.6. The van der Waals surface area contributed by atoms with E-state index in [2.05, 4.69) is 45.1 Å². The molecule has 0 amide bonds. The van der Waals surface area contributed by atoms with Gasteiger partial charge in [0.05, 0.1) is 0 Å². The minimum Gasteiger partial charge on any atom is -0.462 e. The average Bonchev–Trinajstić information content (AvgIpc) is 3.48. The molecule has 0 bridgehead atoms. The smallest absolute Gasteiger partial charge is 0.306 e. The first-order valence-electron chi connectivity index (χ1n) is 37.3. The number of carbonyl (C=O) groups excluding carboxylic acids is 3. The molecule has 0 rings (SSSR count). The van der Waals surface area contributed by atoms with E-state index in [-0.39, 0.29) is 31.1 Å². The Hall–Kier alpha value is -2.11. The maximum absolute atomic E-state index is 12.9. The maximum Gasteiger partial charge on any atom is 0.306 e. The van der Waals surface area contributed by atoms with E-state index in [1.54, 1.807) is 0 Å². The van der Waals surface area contributed by atoms with Gasteiger partial charge >= 0.3 is 17.9 Å². The lowest BCUT2D eigenvalue weighted by molar-refractivity contribution is -0.167. The Morgan fingerprint density at radius 2 is 0.439 bits per heavy atom. The number of rotatable bonds is 70. The van der Waals surface area contributed by atoms with Gasteiger partial charge in [0, 0.05) is 19.3 Å². The molecule has 82 heavy (non-hydrogen) atoms. The predicted octanol–water partition coefficient (Wildman–Crippen LogP) is 25.7. The van der Waals surface area contributed by atoms with Crippen LogP contribution in [0.4, 0.5) is 0 Å². The van der Waals surface area contributed by atoms with Gasteiger partial charge in [0.2, 0.25) is 0 Å².